The first-order valence-corrected chi connectivity index (χ1v) is 6.00. The fraction of sp³-hybridized carbons (Fsp3) is 0.400. The Morgan fingerprint density at radius 1 is 1.00 bits per heavy atom. The van der Waals surface area contributed by atoms with Crippen LogP contribution < -0.4 is 19.9 Å². The Kier molecular flexibility index (Phi) is 3.26. The summed E-state index contributed by atoms with van der Waals surface area (Å²) in [5.41, 5.74) is 3.19. The highest BCUT2D eigenvalue weighted by Gasteiger charge is 2.07. The van der Waals surface area contributed by atoms with Crippen molar-refractivity contribution in [2.45, 2.75) is 39.9 Å². The highest BCUT2D eigenvalue weighted by atomic mass is 16.5. The SMILES string of the molecule is CC(C)Oc1cc(OC(C)C)c2c(c1)=CC=C=2. The third kappa shape index (κ3) is 2.72. The molecule has 17 heavy (non-hydrogen) atoms. The summed E-state index contributed by atoms with van der Waals surface area (Å²) in [5.74, 6) is 1.70. The van der Waals surface area contributed by atoms with Gasteiger partial charge in [-0.25, -0.2) is 0 Å². The maximum absolute atomic E-state index is 5.80. The van der Waals surface area contributed by atoms with Gasteiger partial charge in [0.2, 0.25) is 0 Å². The molecule has 0 unspecified atom stereocenters. The van der Waals surface area contributed by atoms with E-state index in [0.29, 0.717) is 0 Å². The van der Waals surface area contributed by atoms with Crippen molar-refractivity contribution in [1.29, 1.82) is 0 Å². The third-order valence-electron chi connectivity index (χ3n) is 2.33. The average Bonchev–Trinajstić information content (AvgIpc) is 2.63. The lowest BCUT2D eigenvalue weighted by Crippen LogP contribution is -2.26. The van der Waals surface area contributed by atoms with Crippen LogP contribution in [0.4, 0.5) is 0 Å². The molecule has 0 aliphatic heterocycles. The van der Waals surface area contributed by atoms with Crippen LogP contribution >= 0.6 is 0 Å². The Morgan fingerprint density at radius 3 is 2.35 bits per heavy atom. The first kappa shape index (κ1) is 11.8. The van der Waals surface area contributed by atoms with Crippen LogP contribution in [0.2, 0.25) is 0 Å². The fourth-order valence-corrected chi connectivity index (χ4v) is 1.80. The van der Waals surface area contributed by atoms with Gasteiger partial charge in [-0.2, -0.15) is 0 Å². The molecular weight excluding hydrogens is 212 g/mol. The van der Waals surface area contributed by atoms with E-state index in [4.69, 9.17) is 9.47 Å². The van der Waals surface area contributed by atoms with Gasteiger partial charge in [0.1, 0.15) is 11.5 Å². The standard InChI is InChI=1S/C15H18O2/c1-10(2)16-13-8-12-6-5-7-14(12)15(9-13)17-11(3)4/h5-6,8-11H,1-4H3. The van der Waals surface area contributed by atoms with Gasteiger partial charge in [-0.05, 0) is 51.1 Å². The molecule has 0 heterocycles. The minimum Gasteiger partial charge on any atom is -0.491 e. The van der Waals surface area contributed by atoms with Crippen LogP contribution in [-0.4, -0.2) is 12.2 Å². The molecule has 0 saturated carbocycles. The minimum atomic E-state index is 0.149. The van der Waals surface area contributed by atoms with E-state index in [-0.39, 0.29) is 12.2 Å². The largest absolute Gasteiger partial charge is 0.491 e. The maximum Gasteiger partial charge on any atom is 0.138 e. The molecule has 1 aromatic carbocycles. The Morgan fingerprint density at radius 2 is 1.71 bits per heavy atom. The number of ether oxygens (including phenoxy) is 2. The molecular formula is C15H18O2. The van der Waals surface area contributed by atoms with Gasteiger partial charge in [-0.3, -0.25) is 0 Å². The molecule has 0 amide bonds. The summed E-state index contributed by atoms with van der Waals surface area (Å²) >= 11 is 0. The van der Waals surface area contributed by atoms with E-state index in [9.17, 15) is 0 Å². The lowest BCUT2D eigenvalue weighted by atomic mass is 10.2. The lowest BCUT2D eigenvalue weighted by molar-refractivity contribution is 0.227. The summed E-state index contributed by atoms with van der Waals surface area (Å²) in [6.45, 7) is 8.07. The number of hydrogen-bond acceptors (Lipinski definition) is 2. The molecule has 1 aliphatic carbocycles. The quantitative estimate of drug-likeness (QED) is 0.787. The molecule has 0 bridgehead atoms. The van der Waals surface area contributed by atoms with Crippen LogP contribution in [0.3, 0.4) is 0 Å². The normalized spacial score (nSPS) is 12.4. The molecule has 0 aromatic heterocycles. The highest BCUT2D eigenvalue weighted by molar-refractivity contribution is 5.55. The Labute approximate surface area is 102 Å². The number of rotatable bonds is 4. The van der Waals surface area contributed by atoms with Crippen molar-refractivity contribution in [1.82, 2.24) is 0 Å². The van der Waals surface area contributed by atoms with Crippen molar-refractivity contribution in [3.8, 4) is 11.5 Å². The Balaban J connectivity index is 2.46. The van der Waals surface area contributed by atoms with Gasteiger partial charge in [0, 0.05) is 6.07 Å². The van der Waals surface area contributed by atoms with Crippen LogP contribution in [-0.2, 0) is 0 Å². The predicted molar refractivity (Wildman–Crippen MR) is 69.7 cm³/mol. The number of hydrogen-bond donors (Lipinski definition) is 0. The van der Waals surface area contributed by atoms with Gasteiger partial charge in [0.15, 0.2) is 0 Å². The monoisotopic (exact) mass is 230 g/mol. The van der Waals surface area contributed by atoms with E-state index < -0.39 is 0 Å². The van der Waals surface area contributed by atoms with Crippen LogP contribution in [0.15, 0.2) is 18.2 Å². The van der Waals surface area contributed by atoms with Crippen LogP contribution in [0.5, 0.6) is 11.5 Å². The maximum atomic E-state index is 5.80. The molecule has 0 spiro atoms. The van der Waals surface area contributed by atoms with Crippen LogP contribution in [0.1, 0.15) is 27.7 Å². The number of fused-ring (bicyclic) bond motifs is 1. The zero-order valence-corrected chi connectivity index (χ0v) is 10.8. The predicted octanol–water partition coefficient (Wildman–Crippen LogP) is 1.99. The zero-order valence-electron chi connectivity index (χ0n) is 10.8. The van der Waals surface area contributed by atoms with E-state index in [0.717, 1.165) is 21.9 Å². The van der Waals surface area contributed by atoms with E-state index in [1.807, 2.05) is 52.0 Å². The van der Waals surface area contributed by atoms with Crippen molar-refractivity contribution < 1.29 is 9.47 Å². The van der Waals surface area contributed by atoms with Crippen LogP contribution in [0.25, 0.3) is 11.8 Å². The second kappa shape index (κ2) is 4.68. The summed E-state index contributed by atoms with van der Waals surface area (Å²) in [6.07, 6.45) is 4.25. The smallest absolute Gasteiger partial charge is 0.138 e. The number of allylic oxidation sites excluding steroid dienone is 1. The van der Waals surface area contributed by atoms with Crippen molar-refractivity contribution >= 4 is 11.8 Å². The summed E-state index contributed by atoms with van der Waals surface area (Å²) in [7, 11) is 0. The van der Waals surface area contributed by atoms with Crippen molar-refractivity contribution in [2.24, 2.45) is 0 Å². The third-order valence-corrected chi connectivity index (χ3v) is 2.33. The van der Waals surface area contributed by atoms with Crippen molar-refractivity contribution in [3.05, 3.63) is 28.6 Å². The fourth-order valence-electron chi connectivity index (χ4n) is 1.80. The van der Waals surface area contributed by atoms with Crippen molar-refractivity contribution in [2.75, 3.05) is 0 Å². The van der Waals surface area contributed by atoms with E-state index >= 15 is 0 Å². The Hall–Kier alpha value is -1.66. The highest BCUT2D eigenvalue weighted by Crippen LogP contribution is 2.16. The van der Waals surface area contributed by atoms with E-state index in [1.165, 1.54) is 0 Å². The van der Waals surface area contributed by atoms with Gasteiger partial charge < -0.3 is 9.47 Å². The molecule has 0 N–H and O–H groups in total. The average molecular weight is 230 g/mol. The minimum absolute atomic E-state index is 0.149. The summed E-state index contributed by atoms with van der Waals surface area (Å²) in [5, 5.41) is 2.13. The molecule has 2 nitrogen and oxygen atoms in total. The summed E-state index contributed by atoms with van der Waals surface area (Å²) < 4.78 is 11.5. The van der Waals surface area contributed by atoms with Crippen molar-refractivity contribution in [3.63, 3.8) is 0 Å². The first-order chi connectivity index (χ1) is 8.06. The zero-order chi connectivity index (χ0) is 12.4. The Bertz CT molecular complexity index is 561. The van der Waals surface area contributed by atoms with Gasteiger partial charge in [-0.1, -0.05) is 0 Å². The van der Waals surface area contributed by atoms with Crippen LogP contribution in [0, 0.1) is 0 Å². The molecule has 0 atom stereocenters. The first-order valence-electron chi connectivity index (χ1n) is 6.00. The van der Waals surface area contributed by atoms with E-state index in [1.54, 1.807) is 0 Å². The summed E-state index contributed by atoms with van der Waals surface area (Å²) in [6, 6.07) is 3.97. The molecule has 1 aliphatic rings. The lowest BCUT2D eigenvalue weighted by Gasteiger charge is -2.14. The molecule has 1 aromatic rings. The molecule has 0 saturated heterocycles. The van der Waals surface area contributed by atoms with Gasteiger partial charge in [0.05, 0.1) is 17.4 Å². The molecule has 0 fully saturated rings. The topological polar surface area (TPSA) is 18.5 Å². The molecule has 2 heteroatoms. The summed E-state index contributed by atoms with van der Waals surface area (Å²) in [4.78, 5) is 0. The molecule has 0 radical (unpaired) electrons. The van der Waals surface area contributed by atoms with Gasteiger partial charge in [-0.15, -0.1) is 5.73 Å². The van der Waals surface area contributed by atoms with E-state index in [2.05, 4.69) is 5.73 Å². The van der Waals surface area contributed by atoms with Gasteiger partial charge >= 0.3 is 0 Å². The van der Waals surface area contributed by atoms with Gasteiger partial charge in [0.25, 0.3) is 0 Å². The molecule has 90 valence electrons. The second-order valence-electron chi connectivity index (χ2n) is 4.70. The second-order valence-corrected chi connectivity index (χ2v) is 4.70. The molecule has 2 rings (SSSR count). The number of benzene rings is 1.